The van der Waals surface area contributed by atoms with E-state index in [1.807, 2.05) is 19.1 Å². The summed E-state index contributed by atoms with van der Waals surface area (Å²) in [4.78, 5) is 11.2. The molecule has 0 radical (unpaired) electrons. The number of aryl methyl sites for hydroxylation is 1. The molecule has 2 rings (SSSR count). The van der Waals surface area contributed by atoms with Crippen LogP contribution in [0, 0.1) is 6.92 Å². The Bertz CT molecular complexity index is 681. The van der Waals surface area contributed by atoms with Crippen molar-refractivity contribution >= 4 is 26.0 Å². The minimum atomic E-state index is -4.30. The van der Waals surface area contributed by atoms with Gasteiger partial charge in [-0.15, -0.1) is 0 Å². The van der Waals surface area contributed by atoms with E-state index in [-0.39, 0.29) is 0 Å². The van der Waals surface area contributed by atoms with Gasteiger partial charge in [0.05, 0.1) is 0 Å². The van der Waals surface area contributed by atoms with E-state index in [2.05, 4.69) is 0 Å². The quantitative estimate of drug-likeness (QED) is 0.827. The van der Waals surface area contributed by atoms with Crippen LogP contribution in [0.15, 0.2) is 42.5 Å². The van der Waals surface area contributed by atoms with Gasteiger partial charge < -0.3 is 0 Å². The molecule has 1 atom stereocenters. The van der Waals surface area contributed by atoms with Gasteiger partial charge in [0, 0.05) is 0 Å². The molecule has 0 fully saturated rings. The zero-order valence-electron chi connectivity index (χ0n) is 11.9. The molecular formula is C16H15AsF3NO. The summed E-state index contributed by atoms with van der Waals surface area (Å²) in [7, 11) is 0. The Balaban J connectivity index is 2.04. The minimum absolute atomic E-state index is 0.452. The molecule has 2 aromatic rings. The zero-order chi connectivity index (χ0) is 16.3. The van der Waals surface area contributed by atoms with Crippen molar-refractivity contribution in [3.05, 3.63) is 64.7 Å². The van der Waals surface area contributed by atoms with Crippen molar-refractivity contribution in [1.82, 2.24) is 0 Å². The van der Waals surface area contributed by atoms with Gasteiger partial charge in [0.15, 0.2) is 0 Å². The Morgan fingerprint density at radius 3 is 2.27 bits per heavy atom. The van der Waals surface area contributed by atoms with Crippen LogP contribution in [0.4, 0.5) is 13.2 Å². The fourth-order valence-electron chi connectivity index (χ4n) is 2.07. The van der Waals surface area contributed by atoms with Gasteiger partial charge in [0.1, 0.15) is 0 Å². The summed E-state index contributed by atoms with van der Waals surface area (Å²) in [5.74, 6) is -0.452. The van der Waals surface area contributed by atoms with E-state index in [4.69, 9.17) is 5.73 Å². The van der Waals surface area contributed by atoms with Gasteiger partial charge in [-0.05, 0) is 0 Å². The standard InChI is InChI=1S/C16H15AsF3NO/c1-10-8-13(6-7-14(10)15(21)22)17-9-11-2-4-12(5-3-11)16(18,19)20/h2-8,17H,9H2,1H3,(H2,21,22). The number of rotatable bonds is 4. The van der Waals surface area contributed by atoms with Crippen molar-refractivity contribution in [2.24, 2.45) is 5.73 Å². The second-order valence-corrected chi connectivity index (χ2v) is 7.64. The number of hydrogen-bond acceptors (Lipinski definition) is 1. The van der Waals surface area contributed by atoms with Gasteiger partial charge in [0.2, 0.25) is 0 Å². The molecule has 2 aromatic carbocycles. The Morgan fingerprint density at radius 2 is 1.77 bits per heavy atom. The van der Waals surface area contributed by atoms with E-state index in [1.54, 1.807) is 6.07 Å². The predicted molar refractivity (Wildman–Crippen MR) is 81.6 cm³/mol. The molecule has 0 aliphatic carbocycles. The third-order valence-electron chi connectivity index (χ3n) is 3.27. The molecule has 1 unspecified atom stereocenters. The SMILES string of the molecule is Cc1cc([AsH]Cc2ccc(C(F)(F)F)cc2)ccc1C(N)=O. The molecule has 0 saturated heterocycles. The summed E-state index contributed by atoms with van der Waals surface area (Å²) in [5, 5.41) is 0.757. The summed E-state index contributed by atoms with van der Waals surface area (Å²) < 4.78 is 38.6. The Morgan fingerprint density at radius 1 is 1.14 bits per heavy atom. The molecule has 0 aliphatic heterocycles. The number of alkyl halides is 3. The van der Waals surface area contributed by atoms with Crippen LogP contribution in [0.25, 0.3) is 0 Å². The zero-order valence-corrected chi connectivity index (χ0v) is 14.0. The average molecular weight is 369 g/mol. The van der Waals surface area contributed by atoms with Crippen molar-refractivity contribution in [1.29, 1.82) is 0 Å². The first-order valence-electron chi connectivity index (χ1n) is 6.58. The Hall–Kier alpha value is -1.74. The van der Waals surface area contributed by atoms with Crippen molar-refractivity contribution < 1.29 is 18.0 Å². The number of amides is 1. The average Bonchev–Trinajstić information content (AvgIpc) is 2.44. The summed E-state index contributed by atoms with van der Waals surface area (Å²) in [6.45, 7) is 1.83. The number of carbonyl (C=O) groups excluding carboxylic acids is 1. The van der Waals surface area contributed by atoms with Crippen LogP contribution in [0.1, 0.15) is 27.0 Å². The molecule has 22 heavy (non-hydrogen) atoms. The monoisotopic (exact) mass is 369 g/mol. The maximum absolute atomic E-state index is 12.5. The third-order valence-corrected chi connectivity index (χ3v) is 6.01. The third kappa shape index (κ3) is 4.14. The van der Waals surface area contributed by atoms with Crippen molar-refractivity contribution in [3.8, 4) is 0 Å². The second-order valence-electron chi connectivity index (χ2n) is 4.94. The van der Waals surface area contributed by atoms with Crippen LogP contribution in [0.2, 0.25) is 0 Å². The van der Waals surface area contributed by atoms with E-state index >= 15 is 0 Å². The van der Waals surface area contributed by atoms with Crippen molar-refractivity contribution in [2.75, 3.05) is 0 Å². The molecule has 0 spiro atoms. The number of nitrogens with two attached hydrogens (primary N) is 1. The summed E-state index contributed by atoms with van der Waals surface area (Å²) in [5.41, 5.74) is 6.86. The molecule has 0 bridgehead atoms. The van der Waals surface area contributed by atoms with Crippen LogP contribution in [0.5, 0.6) is 0 Å². The van der Waals surface area contributed by atoms with E-state index < -0.39 is 33.4 Å². The summed E-state index contributed by atoms with van der Waals surface area (Å²) in [6, 6.07) is 10.8. The van der Waals surface area contributed by atoms with Gasteiger partial charge in [-0.25, -0.2) is 0 Å². The van der Waals surface area contributed by atoms with Crippen LogP contribution in [0.3, 0.4) is 0 Å². The molecule has 2 nitrogen and oxygen atoms in total. The first-order chi connectivity index (χ1) is 10.3. The van der Waals surface area contributed by atoms with Crippen molar-refractivity contribution in [3.63, 3.8) is 0 Å². The topological polar surface area (TPSA) is 43.1 Å². The van der Waals surface area contributed by atoms with Crippen LogP contribution in [-0.4, -0.2) is 21.7 Å². The second kappa shape index (κ2) is 6.57. The molecule has 0 aliphatic rings. The molecule has 6 heteroatoms. The number of carbonyl (C=O) groups is 1. The first-order valence-corrected chi connectivity index (χ1v) is 9.11. The van der Waals surface area contributed by atoms with E-state index in [9.17, 15) is 18.0 Å². The van der Waals surface area contributed by atoms with Crippen LogP contribution in [-0.2, 0) is 11.4 Å². The number of halogens is 3. The van der Waals surface area contributed by atoms with Gasteiger partial charge in [-0.3, -0.25) is 0 Å². The maximum atomic E-state index is 12.5. The van der Waals surface area contributed by atoms with E-state index in [0.717, 1.165) is 32.8 Å². The summed E-state index contributed by atoms with van der Waals surface area (Å²) >= 11 is -0.518. The normalized spacial score (nSPS) is 12.0. The fraction of sp³-hybridized carbons (Fsp3) is 0.188. The Kier molecular flexibility index (Phi) is 4.97. The molecule has 0 saturated carbocycles. The van der Waals surface area contributed by atoms with E-state index in [1.165, 1.54) is 12.1 Å². The van der Waals surface area contributed by atoms with Crippen molar-refractivity contribution in [2.45, 2.75) is 18.3 Å². The number of primary amides is 1. The number of benzene rings is 2. The van der Waals surface area contributed by atoms with Gasteiger partial charge >= 0.3 is 133 Å². The molecule has 116 valence electrons. The van der Waals surface area contributed by atoms with E-state index in [0.29, 0.717) is 5.56 Å². The first kappa shape index (κ1) is 16.6. The molecule has 0 heterocycles. The predicted octanol–water partition coefficient (Wildman–Crippen LogP) is 2.37. The van der Waals surface area contributed by atoms with Gasteiger partial charge in [0.25, 0.3) is 0 Å². The van der Waals surface area contributed by atoms with Gasteiger partial charge in [-0.1, -0.05) is 0 Å². The molecule has 1 amide bonds. The molecular weight excluding hydrogens is 354 g/mol. The van der Waals surface area contributed by atoms with Crippen LogP contribution < -0.4 is 10.1 Å². The number of hydrogen-bond donors (Lipinski definition) is 1. The molecule has 2 N–H and O–H groups in total. The fourth-order valence-corrected chi connectivity index (χ4v) is 4.51. The molecule has 0 aromatic heterocycles. The van der Waals surface area contributed by atoms with Gasteiger partial charge in [-0.2, -0.15) is 0 Å². The van der Waals surface area contributed by atoms with Crippen LogP contribution >= 0.6 is 0 Å². The summed E-state index contributed by atoms with van der Waals surface area (Å²) in [6.07, 6.45) is -4.30. The Labute approximate surface area is 133 Å².